The maximum atomic E-state index is 11.8. The fourth-order valence-electron chi connectivity index (χ4n) is 3.96. The smallest absolute Gasteiger partial charge is 0.306 e. The monoisotopic (exact) mass is 454 g/mol. The number of hydrogen-bond donors (Lipinski definition) is 0. The summed E-state index contributed by atoms with van der Waals surface area (Å²) in [7, 11) is 0. The van der Waals surface area contributed by atoms with Gasteiger partial charge in [-0.1, -0.05) is 110 Å². The zero-order chi connectivity index (χ0) is 23.7. The van der Waals surface area contributed by atoms with Gasteiger partial charge in [0.15, 0.2) is 0 Å². The molecule has 1 atom stereocenters. The summed E-state index contributed by atoms with van der Waals surface area (Å²) in [5.41, 5.74) is 0. The van der Waals surface area contributed by atoms with Gasteiger partial charge in [-0.15, -0.1) is 0 Å². The highest BCUT2D eigenvalue weighted by atomic mass is 16.5. The minimum Gasteiger partial charge on any atom is -0.466 e. The van der Waals surface area contributed by atoms with Gasteiger partial charge in [0.2, 0.25) is 0 Å². The number of hydrogen-bond acceptors (Lipinski definition) is 4. The van der Waals surface area contributed by atoms with Crippen LogP contribution in [-0.4, -0.2) is 24.6 Å². The van der Waals surface area contributed by atoms with Crippen molar-refractivity contribution in [1.82, 2.24) is 0 Å². The first-order valence-corrected chi connectivity index (χ1v) is 13.9. The molecule has 0 radical (unpaired) electrons. The van der Waals surface area contributed by atoms with Gasteiger partial charge in [-0.25, -0.2) is 0 Å². The lowest BCUT2D eigenvalue weighted by molar-refractivity contribution is -0.149. The highest BCUT2D eigenvalue weighted by molar-refractivity contribution is 5.72. The number of ether oxygens (including phenoxy) is 2. The Morgan fingerprint density at radius 1 is 0.562 bits per heavy atom. The normalized spacial score (nSPS) is 12.0. The predicted octanol–water partition coefficient (Wildman–Crippen LogP) is 8.69. The second kappa shape index (κ2) is 24.6. The lowest BCUT2D eigenvalue weighted by Crippen LogP contribution is -2.15. The molecule has 0 aromatic heterocycles. The summed E-state index contributed by atoms with van der Waals surface area (Å²) in [6, 6.07) is 0. The first-order chi connectivity index (χ1) is 15.6. The minimum atomic E-state index is -0.197. The molecule has 4 heteroatoms. The van der Waals surface area contributed by atoms with Crippen LogP contribution in [0.4, 0.5) is 0 Å². The summed E-state index contributed by atoms with van der Waals surface area (Å²) < 4.78 is 10.7. The average Bonchev–Trinajstić information content (AvgIpc) is 2.77. The molecule has 0 rings (SSSR count). The van der Waals surface area contributed by atoms with Crippen LogP contribution in [0, 0.1) is 0 Å². The van der Waals surface area contributed by atoms with Crippen molar-refractivity contribution < 1.29 is 19.1 Å². The van der Waals surface area contributed by atoms with Gasteiger partial charge >= 0.3 is 11.9 Å². The summed E-state index contributed by atoms with van der Waals surface area (Å²) in [5.74, 6) is -0.387. The van der Waals surface area contributed by atoms with Gasteiger partial charge in [-0.05, 0) is 32.6 Å². The van der Waals surface area contributed by atoms with Crippen molar-refractivity contribution in [2.75, 3.05) is 6.61 Å². The Hall–Kier alpha value is -1.06. The molecule has 4 nitrogen and oxygen atoms in total. The second-order valence-electron chi connectivity index (χ2n) is 9.47. The van der Waals surface area contributed by atoms with Crippen molar-refractivity contribution in [3.8, 4) is 0 Å². The van der Waals surface area contributed by atoms with Crippen LogP contribution in [0.3, 0.4) is 0 Å². The van der Waals surface area contributed by atoms with Gasteiger partial charge in [0, 0.05) is 12.8 Å². The maximum absolute atomic E-state index is 11.8. The second-order valence-corrected chi connectivity index (χ2v) is 9.47. The van der Waals surface area contributed by atoms with Gasteiger partial charge < -0.3 is 9.47 Å². The van der Waals surface area contributed by atoms with E-state index in [4.69, 9.17) is 9.47 Å². The van der Waals surface area contributed by atoms with Crippen LogP contribution in [0.5, 0.6) is 0 Å². The summed E-state index contributed by atoms with van der Waals surface area (Å²) in [4.78, 5) is 23.6. The van der Waals surface area contributed by atoms with Crippen LogP contribution in [0.1, 0.15) is 156 Å². The van der Waals surface area contributed by atoms with E-state index in [1.807, 2.05) is 6.92 Å². The highest BCUT2D eigenvalue weighted by Crippen LogP contribution is 2.13. The number of rotatable bonds is 24. The molecule has 0 aliphatic carbocycles. The van der Waals surface area contributed by atoms with Crippen LogP contribution in [0.2, 0.25) is 0 Å². The first-order valence-electron chi connectivity index (χ1n) is 13.9. The third kappa shape index (κ3) is 23.6. The molecule has 1 unspecified atom stereocenters. The van der Waals surface area contributed by atoms with Crippen LogP contribution < -0.4 is 0 Å². The molecule has 0 bridgehead atoms. The number of esters is 2. The van der Waals surface area contributed by atoms with Gasteiger partial charge in [0.05, 0.1) is 12.7 Å². The van der Waals surface area contributed by atoms with Crippen LogP contribution in [0.25, 0.3) is 0 Å². The van der Waals surface area contributed by atoms with Gasteiger partial charge in [0.1, 0.15) is 0 Å². The predicted molar refractivity (Wildman–Crippen MR) is 135 cm³/mol. The molecule has 0 saturated heterocycles. The van der Waals surface area contributed by atoms with E-state index in [-0.39, 0.29) is 18.0 Å². The molecule has 0 aromatic carbocycles. The third-order valence-corrected chi connectivity index (χ3v) is 6.07. The minimum absolute atomic E-state index is 0.0261. The Kier molecular flexibility index (Phi) is 23.8. The molecule has 0 spiro atoms. The lowest BCUT2D eigenvalue weighted by Gasteiger charge is -2.13. The zero-order valence-corrected chi connectivity index (χ0v) is 21.8. The summed E-state index contributed by atoms with van der Waals surface area (Å²) >= 11 is 0. The van der Waals surface area contributed by atoms with Gasteiger partial charge in [0.25, 0.3) is 0 Å². The van der Waals surface area contributed by atoms with Crippen molar-refractivity contribution >= 4 is 11.9 Å². The summed E-state index contributed by atoms with van der Waals surface area (Å²) in [5, 5.41) is 0. The Morgan fingerprint density at radius 3 is 1.53 bits per heavy atom. The Labute approximate surface area is 199 Å². The van der Waals surface area contributed by atoms with E-state index in [1.54, 1.807) is 0 Å². The molecule has 0 N–H and O–H groups in total. The van der Waals surface area contributed by atoms with Gasteiger partial charge in [-0.3, -0.25) is 9.59 Å². The van der Waals surface area contributed by atoms with Gasteiger partial charge in [-0.2, -0.15) is 0 Å². The van der Waals surface area contributed by atoms with E-state index in [9.17, 15) is 9.59 Å². The van der Waals surface area contributed by atoms with E-state index in [0.717, 1.165) is 25.7 Å². The first kappa shape index (κ1) is 30.9. The highest BCUT2D eigenvalue weighted by Gasteiger charge is 2.11. The molecule has 0 amide bonds. The Morgan fingerprint density at radius 2 is 1.00 bits per heavy atom. The summed E-state index contributed by atoms with van der Waals surface area (Å²) in [6.07, 6.45) is 23.8. The standard InChI is InChI=1S/C28H54O4/c1-4-6-8-10-11-12-13-14-15-16-17-18-20-25-31-27(29)23-21-24-28(30)32-26(3)22-19-9-7-5-2/h26H,4-25H2,1-3H3. The number of carbonyl (C=O) groups excluding carboxylic acids is 2. The topological polar surface area (TPSA) is 52.6 Å². The van der Waals surface area contributed by atoms with E-state index < -0.39 is 0 Å². The van der Waals surface area contributed by atoms with Crippen LogP contribution in [-0.2, 0) is 19.1 Å². The number of carbonyl (C=O) groups is 2. The average molecular weight is 455 g/mol. The molecular formula is C28H54O4. The fraction of sp³-hybridized carbons (Fsp3) is 0.929. The Balaban J connectivity index is 3.36. The zero-order valence-electron chi connectivity index (χ0n) is 21.8. The number of unbranched alkanes of at least 4 members (excludes halogenated alkanes) is 15. The van der Waals surface area contributed by atoms with Crippen molar-refractivity contribution in [2.24, 2.45) is 0 Å². The van der Waals surface area contributed by atoms with Crippen molar-refractivity contribution in [2.45, 2.75) is 162 Å². The molecular weight excluding hydrogens is 400 g/mol. The van der Waals surface area contributed by atoms with Crippen LogP contribution in [0.15, 0.2) is 0 Å². The van der Waals surface area contributed by atoms with E-state index in [2.05, 4.69) is 13.8 Å². The van der Waals surface area contributed by atoms with Crippen LogP contribution >= 0.6 is 0 Å². The maximum Gasteiger partial charge on any atom is 0.306 e. The van der Waals surface area contributed by atoms with E-state index >= 15 is 0 Å². The largest absolute Gasteiger partial charge is 0.466 e. The lowest BCUT2D eigenvalue weighted by atomic mass is 10.0. The molecule has 32 heavy (non-hydrogen) atoms. The van der Waals surface area contributed by atoms with E-state index in [0.29, 0.717) is 25.9 Å². The third-order valence-electron chi connectivity index (χ3n) is 6.07. The SMILES string of the molecule is CCCCCCCCCCCCCCCOC(=O)CCCC(=O)OC(C)CCCCCC. The van der Waals surface area contributed by atoms with E-state index in [1.165, 1.54) is 89.9 Å². The molecule has 0 saturated carbocycles. The molecule has 190 valence electrons. The molecule has 0 heterocycles. The van der Waals surface area contributed by atoms with Crippen molar-refractivity contribution in [1.29, 1.82) is 0 Å². The van der Waals surface area contributed by atoms with Crippen molar-refractivity contribution in [3.05, 3.63) is 0 Å². The fourth-order valence-corrected chi connectivity index (χ4v) is 3.96. The molecule has 0 aliphatic rings. The Bertz CT molecular complexity index is 422. The molecule has 0 aromatic rings. The molecule has 0 fully saturated rings. The summed E-state index contributed by atoms with van der Waals surface area (Å²) in [6.45, 7) is 6.92. The quantitative estimate of drug-likeness (QED) is 0.108. The van der Waals surface area contributed by atoms with Crippen molar-refractivity contribution in [3.63, 3.8) is 0 Å². The molecule has 0 aliphatic heterocycles.